The molecule has 0 spiro atoms. The van der Waals surface area contributed by atoms with Crippen LogP contribution in [0.1, 0.15) is 11.3 Å². The molecule has 0 aliphatic carbocycles. The van der Waals surface area contributed by atoms with Crippen molar-refractivity contribution in [3.63, 3.8) is 0 Å². The van der Waals surface area contributed by atoms with E-state index < -0.39 is 0 Å². The monoisotopic (exact) mass is 339 g/mol. The number of aromatic nitrogens is 4. The topological polar surface area (TPSA) is 100 Å². The molecule has 0 bridgehead atoms. The van der Waals surface area contributed by atoms with Gasteiger partial charge in [0.2, 0.25) is 0 Å². The van der Waals surface area contributed by atoms with Crippen LogP contribution in [0.5, 0.6) is 0 Å². The highest BCUT2D eigenvalue weighted by molar-refractivity contribution is 6.35. The molecule has 6 nitrogen and oxygen atoms in total. The Morgan fingerprint density at radius 2 is 2.04 bits per heavy atom. The Bertz CT molecular complexity index is 1180. The van der Waals surface area contributed by atoms with Gasteiger partial charge in [0, 0.05) is 16.6 Å². The molecule has 4 rings (SSSR count). The first-order valence-corrected chi connectivity index (χ1v) is 7.77. The number of nitrogens with zero attached hydrogens (tertiary/aromatic N) is 2. The molecular weight excluding hydrogens is 326 g/mol. The first kappa shape index (κ1) is 14.7. The lowest BCUT2D eigenvalue weighted by Crippen LogP contribution is -2.14. The van der Waals surface area contributed by atoms with Gasteiger partial charge in [-0.15, -0.1) is 0 Å². The second-order valence-electron chi connectivity index (χ2n) is 5.78. The number of halogens is 1. The van der Waals surface area contributed by atoms with Gasteiger partial charge in [-0.1, -0.05) is 17.7 Å². The van der Waals surface area contributed by atoms with Crippen LogP contribution in [0.3, 0.4) is 0 Å². The van der Waals surface area contributed by atoms with Crippen molar-refractivity contribution in [2.45, 2.75) is 13.8 Å². The van der Waals surface area contributed by atoms with Gasteiger partial charge in [-0.3, -0.25) is 14.9 Å². The van der Waals surface area contributed by atoms with Crippen LogP contribution in [0.2, 0.25) is 5.02 Å². The third-order valence-electron chi connectivity index (χ3n) is 4.30. The molecular formula is C17H14ClN5O. The van der Waals surface area contributed by atoms with Crippen LogP contribution in [-0.4, -0.2) is 20.2 Å². The summed E-state index contributed by atoms with van der Waals surface area (Å²) in [6.45, 7) is 3.88. The minimum Gasteiger partial charge on any atom is -0.394 e. The van der Waals surface area contributed by atoms with Crippen LogP contribution in [0.15, 0.2) is 29.2 Å². The van der Waals surface area contributed by atoms with E-state index >= 15 is 0 Å². The maximum atomic E-state index is 12.3. The van der Waals surface area contributed by atoms with Gasteiger partial charge in [0.1, 0.15) is 5.69 Å². The molecule has 0 aliphatic rings. The number of hydrogen-bond acceptors (Lipinski definition) is 4. The summed E-state index contributed by atoms with van der Waals surface area (Å²) in [5.74, 6) is 0. The lowest BCUT2D eigenvalue weighted by Gasteiger charge is -2.12. The van der Waals surface area contributed by atoms with Gasteiger partial charge in [0.25, 0.3) is 5.56 Å². The van der Waals surface area contributed by atoms with Gasteiger partial charge in [0.05, 0.1) is 27.8 Å². The largest absolute Gasteiger partial charge is 0.394 e. The van der Waals surface area contributed by atoms with Crippen molar-refractivity contribution in [3.8, 4) is 11.1 Å². The average Bonchev–Trinajstić information content (AvgIpc) is 3.03. The summed E-state index contributed by atoms with van der Waals surface area (Å²) >= 11 is 6.21. The fourth-order valence-corrected chi connectivity index (χ4v) is 3.12. The number of aromatic amines is 2. The molecule has 0 radical (unpaired) electrons. The Morgan fingerprint density at radius 3 is 2.83 bits per heavy atom. The lowest BCUT2D eigenvalue weighted by atomic mass is 9.99. The van der Waals surface area contributed by atoms with Gasteiger partial charge < -0.3 is 10.7 Å². The van der Waals surface area contributed by atoms with Crippen molar-refractivity contribution in [2.75, 3.05) is 5.73 Å². The van der Waals surface area contributed by atoms with Crippen molar-refractivity contribution < 1.29 is 0 Å². The number of hydrogen-bond donors (Lipinski definition) is 3. The Hall–Kier alpha value is -2.86. The van der Waals surface area contributed by atoms with E-state index in [1.807, 2.05) is 26.0 Å². The van der Waals surface area contributed by atoms with E-state index in [0.29, 0.717) is 27.1 Å². The van der Waals surface area contributed by atoms with Gasteiger partial charge in [0.15, 0.2) is 0 Å². The second-order valence-corrected chi connectivity index (χ2v) is 6.19. The maximum absolute atomic E-state index is 12.3. The number of nitrogen functional groups attached to an aromatic ring is 1. The zero-order valence-electron chi connectivity index (χ0n) is 13.1. The van der Waals surface area contributed by atoms with Crippen molar-refractivity contribution in [1.29, 1.82) is 0 Å². The van der Waals surface area contributed by atoms with E-state index in [4.69, 9.17) is 17.3 Å². The summed E-state index contributed by atoms with van der Waals surface area (Å²) in [5.41, 5.74) is 11.2. The molecule has 0 amide bonds. The van der Waals surface area contributed by atoms with Crippen molar-refractivity contribution in [1.82, 2.24) is 20.2 Å². The smallest absolute Gasteiger partial charge is 0.272 e. The fraction of sp³-hybridized carbons (Fsp3) is 0.118. The molecule has 7 heteroatoms. The SMILES string of the molecule is Cc1cc2[nH]c(=O)c(N)c(-c3ccc(Cl)c4[nH]ncc34)c2nc1C. The van der Waals surface area contributed by atoms with E-state index in [1.165, 1.54) is 0 Å². The standard InChI is InChI=1S/C17H14ClN5O/c1-7-5-12-16(21-8(7)2)13(14(19)17(24)22-12)9-3-4-11(18)15-10(9)6-20-23-15/h3-6H,19H2,1-2H3,(H,20,23)(H,22,24). The molecule has 4 aromatic rings. The number of pyridine rings is 2. The molecule has 0 fully saturated rings. The Kier molecular flexibility index (Phi) is 3.11. The van der Waals surface area contributed by atoms with Crippen LogP contribution < -0.4 is 11.3 Å². The van der Waals surface area contributed by atoms with Crippen molar-refractivity contribution >= 4 is 39.2 Å². The first-order chi connectivity index (χ1) is 11.5. The first-order valence-electron chi connectivity index (χ1n) is 7.39. The number of rotatable bonds is 1. The summed E-state index contributed by atoms with van der Waals surface area (Å²) in [6, 6.07) is 5.50. The Morgan fingerprint density at radius 1 is 1.25 bits per heavy atom. The minimum absolute atomic E-state index is 0.128. The molecule has 0 atom stereocenters. The predicted octanol–water partition coefficient (Wildman–Crippen LogP) is 3.32. The molecule has 1 aromatic carbocycles. The molecule has 0 saturated heterocycles. The van der Waals surface area contributed by atoms with Gasteiger partial charge in [-0.05, 0) is 37.1 Å². The summed E-state index contributed by atoms with van der Waals surface area (Å²) in [7, 11) is 0. The van der Waals surface area contributed by atoms with Gasteiger partial charge >= 0.3 is 0 Å². The van der Waals surface area contributed by atoms with Gasteiger partial charge in [-0.2, -0.15) is 5.10 Å². The molecule has 3 heterocycles. The number of nitrogens with two attached hydrogens (primary N) is 1. The molecule has 24 heavy (non-hydrogen) atoms. The van der Waals surface area contributed by atoms with Crippen molar-refractivity contribution in [2.24, 2.45) is 0 Å². The van der Waals surface area contributed by atoms with Crippen LogP contribution in [0, 0.1) is 13.8 Å². The summed E-state index contributed by atoms with van der Waals surface area (Å²) < 4.78 is 0. The van der Waals surface area contributed by atoms with Crippen LogP contribution in [0.25, 0.3) is 33.1 Å². The summed E-state index contributed by atoms with van der Waals surface area (Å²) in [5, 5.41) is 8.27. The number of H-pyrrole nitrogens is 2. The van der Waals surface area contributed by atoms with Gasteiger partial charge in [-0.25, -0.2) is 0 Å². The number of anilines is 1. The number of fused-ring (bicyclic) bond motifs is 2. The number of benzene rings is 1. The minimum atomic E-state index is -0.339. The van der Waals surface area contributed by atoms with E-state index in [-0.39, 0.29) is 11.2 Å². The highest BCUT2D eigenvalue weighted by Crippen LogP contribution is 2.37. The molecule has 0 unspecified atom stereocenters. The highest BCUT2D eigenvalue weighted by Gasteiger charge is 2.18. The predicted molar refractivity (Wildman–Crippen MR) is 96.3 cm³/mol. The second kappa shape index (κ2) is 5.07. The normalized spacial score (nSPS) is 11.5. The zero-order valence-corrected chi connectivity index (χ0v) is 13.8. The summed E-state index contributed by atoms with van der Waals surface area (Å²) in [6.07, 6.45) is 1.67. The third kappa shape index (κ3) is 2.00. The molecule has 0 saturated carbocycles. The zero-order chi connectivity index (χ0) is 17.0. The van der Waals surface area contributed by atoms with Crippen LogP contribution in [0.4, 0.5) is 5.69 Å². The van der Waals surface area contributed by atoms with Crippen molar-refractivity contribution in [3.05, 3.63) is 51.0 Å². The highest BCUT2D eigenvalue weighted by atomic mass is 35.5. The number of aryl methyl sites for hydroxylation is 2. The molecule has 3 aromatic heterocycles. The van der Waals surface area contributed by atoms with Crippen LogP contribution in [-0.2, 0) is 0 Å². The number of nitrogens with one attached hydrogen (secondary N) is 2. The fourth-order valence-electron chi connectivity index (χ4n) is 2.91. The van der Waals surface area contributed by atoms with E-state index in [9.17, 15) is 4.79 Å². The van der Waals surface area contributed by atoms with Crippen LogP contribution >= 0.6 is 11.6 Å². The van der Waals surface area contributed by atoms with E-state index in [2.05, 4.69) is 20.2 Å². The molecule has 4 N–H and O–H groups in total. The maximum Gasteiger partial charge on any atom is 0.272 e. The third-order valence-corrected chi connectivity index (χ3v) is 4.61. The molecule has 0 aliphatic heterocycles. The quantitative estimate of drug-likeness (QED) is 0.495. The molecule has 120 valence electrons. The average molecular weight is 340 g/mol. The Balaban J connectivity index is 2.21. The lowest BCUT2D eigenvalue weighted by molar-refractivity contribution is 1.12. The Labute approximate surface area is 141 Å². The summed E-state index contributed by atoms with van der Waals surface area (Å²) in [4.78, 5) is 19.8. The van der Waals surface area contributed by atoms with E-state index in [0.717, 1.165) is 22.2 Å². The van der Waals surface area contributed by atoms with E-state index in [1.54, 1.807) is 12.3 Å².